The fourth-order valence-corrected chi connectivity index (χ4v) is 4.41. The van der Waals surface area contributed by atoms with Crippen LogP contribution in [0.15, 0.2) is 24.3 Å². The van der Waals surface area contributed by atoms with Crippen molar-refractivity contribution in [2.75, 3.05) is 11.9 Å². The van der Waals surface area contributed by atoms with E-state index in [0.717, 1.165) is 28.9 Å². The van der Waals surface area contributed by atoms with Crippen LogP contribution in [0.5, 0.6) is 0 Å². The zero-order valence-electron chi connectivity index (χ0n) is 23.7. The molecule has 1 N–H and O–H groups in total. The zero-order chi connectivity index (χ0) is 26.7. The van der Waals surface area contributed by atoms with Crippen LogP contribution in [0.4, 0.5) is 5.82 Å². The number of carbonyl (C=O) groups excluding carboxylic acids is 2. The van der Waals surface area contributed by atoms with Crippen molar-refractivity contribution in [2.24, 2.45) is 11.3 Å². The molecule has 0 aliphatic rings. The van der Waals surface area contributed by atoms with Gasteiger partial charge in [0, 0.05) is 23.9 Å². The van der Waals surface area contributed by atoms with Crippen LogP contribution in [0.1, 0.15) is 92.0 Å². The van der Waals surface area contributed by atoms with E-state index in [-0.39, 0.29) is 41.1 Å². The van der Waals surface area contributed by atoms with Crippen LogP contribution < -0.4 is 5.32 Å². The second kappa shape index (κ2) is 11.0. The molecule has 35 heavy (non-hydrogen) atoms. The van der Waals surface area contributed by atoms with Crippen LogP contribution in [0.2, 0.25) is 0 Å². The SMILES string of the molecule is Cc1cccc(-n2nc(C(C)(C)C)cc2NC(=O)CN(C(=O)CC(C)CC(C)(C)C)C(C)C)c1C. The summed E-state index contributed by atoms with van der Waals surface area (Å²) in [6.45, 7) is 23.0. The molecule has 1 aromatic heterocycles. The number of anilines is 1. The summed E-state index contributed by atoms with van der Waals surface area (Å²) in [6, 6.07) is 7.95. The maximum atomic E-state index is 13.2. The van der Waals surface area contributed by atoms with Crippen molar-refractivity contribution in [3.05, 3.63) is 41.1 Å². The van der Waals surface area contributed by atoms with Crippen molar-refractivity contribution in [3.8, 4) is 5.69 Å². The minimum Gasteiger partial charge on any atom is -0.331 e. The van der Waals surface area contributed by atoms with E-state index in [1.807, 2.05) is 36.7 Å². The fourth-order valence-electron chi connectivity index (χ4n) is 4.41. The average Bonchev–Trinajstić information content (AvgIpc) is 3.10. The molecule has 0 aliphatic carbocycles. The van der Waals surface area contributed by atoms with E-state index in [4.69, 9.17) is 5.10 Å². The third kappa shape index (κ3) is 7.94. The number of amides is 2. The highest BCUT2D eigenvalue weighted by Gasteiger charge is 2.26. The maximum Gasteiger partial charge on any atom is 0.245 e. The number of nitrogens with one attached hydrogen (secondary N) is 1. The number of hydrogen-bond acceptors (Lipinski definition) is 3. The van der Waals surface area contributed by atoms with Crippen molar-refractivity contribution < 1.29 is 9.59 Å². The maximum absolute atomic E-state index is 13.2. The summed E-state index contributed by atoms with van der Waals surface area (Å²) in [4.78, 5) is 28.0. The van der Waals surface area contributed by atoms with E-state index in [0.29, 0.717) is 12.2 Å². The number of nitrogens with zero attached hydrogens (tertiary/aromatic N) is 3. The largest absolute Gasteiger partial charge is 0.331 e. The predicted octanol–water partition coefficient (Wildman–Crippen LogP) is 6.42. The first-order valence-electron chi connectivity index (χ1n) is 12.8. The lowest BCUT2D eigenvalue weighted by molar-refractivity contribution is -0.137. The van der Waals surface area contributed by atoms with Gasteiger partial charge in [0.15, 0.2) is 0 Å². The van der Waals surface area contributed by atoms with Crippen molar-refractivity contribution in [1.82, 2.24) is 14.7 Å². The quantitative estimate of drug-likeness (QED) is 0.472. The monoisotopic (exact) mass is 482 g/mol. The lowest BCUT2D eigenvalue weighted by Crippen LogP contribution is -2.43. The molecule has 0 spiro atoms. The number of carbonyl (C=O) groups is 2. The molecule has 2 rings (SSSR count). The first-order chi connectivity index (χ1) is 16.0. The molecule has 2 amide bonds. The van der Waals surface area contributed by atoms with E-state index in [2.05, 4.69) is 73.7 Å². The molecule has 1 unspecified atom stereocenters. The molecule has 0 saturated carbocycles. The Bertz CT molecular complexity index is 1040. The highest BCUT2D eigenvalue weighted by Crippen LogP contribution is 2.29. The van der Waals surface area contributed by atoms with E-state index >= 15 is 0 Å². The van der Waals surface area contributed by atoms with E-state index in [1.165, 1.54) is 0 Å². The molecule has 6 nitrogen and oxygen atoms in total. The summed E-state index contributed by atoms with van der Waals surface area (Å²) in [5, 5.41) is 7.90. The topological polar surface area (TPSA) is 67.2 Å². The number of benzene rings is 1. The minimum absolute atomic E-state index is 0.0154. The summed E-state index contributed by atoms with van der Waals surface area (Å²) in [6.07, 6.45) is 1.40. The van der Waals surface area contributed by atoms with Crippen molar-refractivity contribution in [1.29, 1.82) is 0 Å². The average molecular weight is 483 g/mol. The molecule has 2 aromatic rings. The summed E-state index contributed by atoms with van der Waals surface area (Å²) in [5.41, 5.74) is 4.08. The molecule has 6 heteroatoms. The Labute approximate surface area is 212 Å². The van der Waals surface area contributed by atoms with E-state index in [1.54, 1.807) is 4.90 Å². The summed E-state index contributed by atoms with van der Waals surface area (Å²) in [7, 11) is 0. The second-order valence-electron chi connectivity index (χ2n) is 12.5. The van der Waals surface area contributed by atoms with Gasteiger partial charge in [0.1, 0.15) is 12.4 Å². The van der Waals surface area contributed by atoms with Gasteiger partial charge in [-0.1, -0.05) is 60.6 Å². The summed E-state index contributed by atoms with van der Waals surface area (Å²) >= 11 is 0. The lowest BCUT2D eigenvalue weighted by Gasteiger charge is -2.29. The Morgan fingerprint density at radius 2 is 1.69 bits per heavy atom. The minimum atomic E-state index is -0.220. The number of rotatable bonds is 8. The highest BCUT2D eigenvalue weighted by atomic mass is 16.2. The smallest absolute Gasteiger partial charge is 0.245 e. The van der Waals surface area contributed by atoms with Gasteiger partial charge in [-0.25, -0.2) is 4.68 Å². The van der Waals surface area contributed by atoms with Crippen molar-refractivity contribution in [2.45, 2.75) is 100 Å². The van der Waals surface area contributed by atoms with Gasteiger partial charge in [-0.15, -0.1) is 0 Å². The van der Waals surface area contributed by atoms with Gasteiger partial charge in [-0.2, -0.15) is 5.10 Å². The Balaban J connectivity index is 2.28. The molecular weight excluding hydrogens is 436 g/mol. The normalized spacial score (nSPS) is 13.1. The molecule has 0 radical (unpaired) electrons. The molecule has 1 heterocycles. The Hall–Kier alpha value is -2.63. The van der Waals surface area contributed by atoms with Gasteiger partial charge < -0.3 is 10.2 Å². The highest BCUT2D eigenvalue weighted by molar-refractivity contribution is 5.94. The number of hydrogen-bond donors (Lipinski definition) is 1. The molecular formula is C29H46N4O2. The lowest BCUT2D eigenvalue weighted by atomic mass is 9.84. The van der Waals surface area contributed by atoms with Crippen LogP contribution in [0.3, 0.4) is 0 Å². The molecule has 0 bridgehead atoms. The molecule has 0 aliphatic heterocycles. The van der Waals surface area contributed by atoms with Crippen molar-refractivity contribution >= 4 is 17.6 Å². The van der Waals surface area contributed by atoms with Crippen LogP contribution in [-0.2, 0) is 15.0 Å². The van der Waals surface area contributed by atoms with Gasteiger partial charge in [0.2, 0.25) is 11.8 Å². The van der Waals surface area contributed by atoms with Gasteiger partial charge in [-0.05, 0) is 62.6 Å². The molecule has 1 aromatic carbocycles. The second-order valence-corrected chi connectivity index (χ2v) is 12.5. The van der Waals surface area contributed by atoms with Crippen LogP contribution in [0, 0.1) is 25.2 Å². The summed E-state index contributed by atoms with van der Waals surface area (Å²) in [5.74, 6) is 0.672. The Kier molecular flexibility index (Phi) is 8.96. The Morgan fingerprint density at radius 1 is 1.06 bits per heavy atom. The van der Waals surface area contributed by atoms with Gasteiger partial charge in [-0.3, -0.25) is 9.59 Å². The molecule has 194 valence electrons. The standard InChI is InChI=1S/C29H46N4O2/c1-19(2)32(27(35)15-20(3)17-28(6,7)8)18-26(34)30-25-16-24(29(9,10)11)31-33(25)23-14-12-13-21(4)22(23)5/h12-14,16,19-20H,15,17-18H2,1-11H3,(H,30,34). The number of aryl methyl sites for hydroxylation is 1. The van der Waals surface area contributed by atoms with E-state index in [9.17, 15) is 9.59 Å². The van der Waals surface area contributed by atoms with Crippen LogP contribution >= 0.6 is 0 Å². The van der Waals surface area contributed by atoms with Gasteiger partial charge in [0.05, 0.1) is 11.4 Å². The third-order valence-electron chi connectivity index (χ3n) is 6.29. The summed E-state index contributed by atoms with van der Waals surface area (Å²) < 4.78 is 1.81. The predicted molar refractivity (Wildman–Crippen MR) is 145 cm³/mol. The van der Waals surface area contributed by atoms with Gasteiger partial charge in [0.25, 0.3) is 0 Å². The third-order valence-corrected chi connectivity index (χ3v) is 6.29. The molecule has 1 atom stereocenters. The van der Waals surface area contributed by atoms with E-state index < -0.39 is 0 Å². The fraction of sp³-hybridized carbons (Fsp3) is 0.621. The first-order valence-corrected chi connectivity index (χ1v) is 12.8. The zero-order valence-corrected chi connectivity index (χ0v) is 23.7. The van der Waals surface area contributed by atoms with Crippen molar-refractivity contribution in [3.63, 3.8) is 0 Å². The first kappa shape index (κ1) is 28.6. The van der Waals surface area contributed by atoms with Crippen LogP contribution in [-0.4, -0.2) is 39.1 Å². The van der Waals surface area contributed by atoms with Gasteiger partial charge >= 0.3 is 0 Å². The Morgan fingerprint density at radius 3 is 2.23 bits per heavy atom. The molecule has 0 saturated heterocycles. The number of aromatic nitrogens is 2. The molecule has 0 fully saturated rings. The van der Waals surface area contributed by atoms with Crippen LogP contribution in [0.25, 0.3) is 5.69 Å².